The van der Waals surface area contributed by atoms with Gasteiger partial charge in [0.05, 0.1) is 11.8 Å². The Morgan fingerprint density at radius 1 is 1.14 bits per heavy atom. The van der Waals surface area contributed by atoms with E-state index in [4.69, 9.17) is 17.3 Å². The molecule has 29 heavy (non-hydrogen) atoms. The molecule has 0 aliphatic heterocycles. The number of aromatic nitrogens is 4. The average Bonchev–Trinajstić information content (AvgIpc) is 2.89. The van der Waals surface area contributed by atoms with E-state index in [1.165, 1.54) is 6.07 Å². The molecule has 2 heterocycles. The predicted molar refractivity (Wildman–Crippen MR) is 107 cm³/mol. The lowest BCUT2D eigenvalue weighted by Crippen LogP contribution is -2.27. The Kier molecular flexibility index (Phi) is 5.59. The number of nitrogens with two attached hydrogens (primary N) is 1. The molecule has 0 aliphatic rings. The lowest BCUT2D eigenvalue weighted by Gasteiger charge is -2.20. The number of hydrogen-bond acceptors (Lipinski definition) is 6. The van der Waals surface area contributed by atoms with Gasteiger partial charge >= 0.3 is 6.18 Å². The SMILES string of the molecule is CC(C)(C)Nc1ncc2nc(Nc3cc(Cl)cc(C(F)(F)F)c3)n(CCN)c2n1. The van der Waals surface area contributed by atoms with Crippen molar-refractivity contribution in [2.45, 2.75) is 39.0 Å². The van der Waals surface area contributed by atoms with Crippen molar-refractivity contribution in [3.63, 3.8) is 0 Å². The number of benzene rings is 1. The summed E-state index contributed by atoms with van der Waals surface area (Å²) in [5.41, 5.74) is 5.76. The number of halogens is 4. The molecule has 7 nitrogen and oxygen atoms in total. The van der Waals surface area contributed by atoms with Crippen LogP contribution in [0.1, 0.15) is 26.3 Å². The normalized spacial score (nSPS) is 12.4. The number of imidazole rings is 1. The Labute approximate surface area is 170 Å². The number of anilines is 3. The minimum absolute atomic E-state index is 0.0414. The number of hydrogen-bond donors (Lipinski definition) is 3. The van der Waals surface area contributed by atoms with Crippen molar-refractivity contribution in [1.82, 2.24) is 19.5 Å². The Hall–Kier alpha value is -2.59. The van der Waals surface area contributed by atoms with E-state index >= 15 is 0 Å². The highest BCUT2D eigenvalue weighted by Crippen LogP contribution is 2.34. The summed E-state index contributed by atoms with van der Waals surface area (Å²) in [4.78, 5) is 13.1. The first-order valence-corrected chi connectivity index (χ1v) is 9.20. The van der Waals surface area contributed by atoms with E-state index in [1.807, 2.05) is 20.8 Å². The Balaban J connectivity index is 2.03. The zero-order chi connectivity index (χ0) is 21.4. The molecule has 11 heteroatoms. The molecule has 2 aromatic heterocycles. The highest BCUT2D eigenvalue weighted by atomic mass is 35.5. The van der Waals surface area contributed by atoms with E-state index in [0.29, 0.717) is 29.6 Å². The van der Waals surface area contributed by atoms with Gasteiger partial charge in [-0.3, -0.25) is 4.57 Å². The van der Waals surface area contributed by atoms with Gasteiger partial charge in [0, 0.05) is 29.3 Å². The van der Waals surface area contributed by atoms with Crippen LogP contribution >= 0.6 is 11.6 Å². The minimum atomic E-state index is -4.52. The first-order chi connectivity index (χ1) is 13.5. The Morgan fingerprint density at radius 3 is 2.48 bits per heavy atom. The molecule has 0 spiro atoms. The van der Waals surface area contributed by atoms with Crippen LogP contribution < -0.4 is 16.4 Å². The van der Waals surface area contributed by atoms with Gasteiger partial charge in [0.1, 0.15) is 5.52 Å². The van der Waals surface area contributed by atoms with Crippen LogP contribution in [0.2, 0.25) is 5.02 Å². The maximum Gasteiger partial charge on any atom is 0.416 e. The molecule has 0 bridgehead atoms. The molecule has 3 aromatic rings. The van der Waals surface area contributed by atoms with Crippen molar-refractivity contribution < 1.29 is 13.2 Å². The van der Waals surface area contributed by atoms with Gasteiger partial charge in [-0.1, -0.05) is 11.6 Å². The van der Waals surface area contributed by atoms with Crippen molar-refractivity contribution in [3.05, 3.63) is 35.0 Å². The number of nitrogens with zero attached hydrogens (tertiary/aromatic N) is 4. The number of nitrogens with one attached hydrogen (secondary N) is 2. The van der Waals surface area contributed by atoms with Crippen LogP contribution in [0.5, 0.6) is 0 Å². The van der Waals surface area contributed by atoms with E-state index < -0.39 is 11.7 Å². The van der Waals surface area contributed by atoms with Gasteiger partial charge in [-0.25, -0.2) is 9.97 Å². The summed E-state index contributed by atoms with van der Waals surface area (Å²) in [7, 11) is 0. The molecule has 0 atom stereocenters. The second-order valence-electron chi connectivity index (χ2n) is 7.50. The molecule has 0 fully saturated rings. The zero-order valence-corrected chi connectivity index (χ0v) is 16.9. The summed E-state index contributed by atoms with van der Waals surface area (Å²) in [5.74, 6) is 0.708. The van der Waals surface area contributed by atoms with Crippen molar-refractivity contribution in [2.75, 3.05) is 17.2 Å². The number of fused-ring (bicyclic) bond motifs is 1. The highest BCUT2D eigenvalue weighted by Gasteiger charge is 2.31. The van der Waals surface area contributed by atoms with Crippen LogP contribution in [-0.4, -0.2) is 31.6 Å². The van der Waals surface area contributed by atoms with Crippen molar-refractivity contribution >= 4 is 40.3 Å². The molecule has 0 aliphatic carbocycles. The maximum absolute atomic E-state index is 13.1. The summed E-state index contributed by atoms with van der Waals surface area (Å²) in [6.07, 6.45) is -2.97. The van der Waals surface area contributed by atoms with Crippen molar-refractivity contribution in [3.8, 4) is 0 Å². The van der Waals surface area contributed by atoms with Crippen LogP contribution in [0.15, 0.2) is 24.4 Å². The molecule has 0 unspecified atom stereocenters. The maximum atomic E-state index is 13.1. The van der Waals surface area contributed by atoms with Gasteiger partial charge in [-0.2, -0.15) is 18.2 Å². The fourth-order valence-corrected chi connectivity index (χ4v) is 2.94. The third-order valence-corrected chi connectivity index (χ3v) is 4.03. The van der Waals surface area contributed by atoms with Gasteiger partial charge in [-0.05, 0) is 39.0 Å². The van der Waals surface area contributed by atoms with Crippen molar-refractivity contribution in [2.24, 2.45) is 5.73 Å². The summed E-state index contributed by atoms with van der Waals surface area (Å²) in [6, 6.07) is 3.23. The summed E-state index contributed by atoms with van der Waals surface area (Å²) in [5, 5.41) is 6.03. The van der Waals surface area contributed by atoms with E-state index in [2.05, 4.69) is 25.6 Å². The zero-order valence-electron chi connectivity index (χ0n) is 16.1. The van der Waals surface area contributed by atoms with Crippen molar-refractivity contribution in [1.29, 1.82) is 0 Å². The molecule has 0 radical (unpaired) electrons. The van der Waals surface area contributed by atoms with Crippen LogP contribution in [0.4, 0.5) is 30.8 Å². The topological polar surface area (TPSA) is 93.7 Å². The Morgan fingerprint density at radius 2 is 1.86 bits per heavy atom. The monoisotopic (exact) mass is 427 g/mol. The molecule has 4 N–H and O–H groups in total. The molecule has 0 amide bonds. The smallest absolute Gasteiger partial charge is 0.350 e. The highest BCUT2D eigenvalue weighted by molar-refractivity contribution is 6.31. The number of rotatable bonds is 5. The van der Waals surface area contributed by atoms with E-state index in [0.717, 1.165) is 12.1 Å². The largest absolute Gasteiger partial charge is 0.416 e. The Bertz CT molecular complexity index is 1020. The second-order valence-corrected chi connectivity index (χ2v) is 7.94. The van der Waals surface area contributed by atoms with Gasteiger partial charge < -0.3 is 16.4 Å². The van der Waals surface area contributed by atoms with Crippen LogP contribution in [0.3, 0.4) is 0 Å². The lowest BCUT2D eigenvalue weighted by molar-refractivity contribution is -0.137. The first kappa shape index (κ1) is 21.1. The first-order valence-electron chi connectivity index (χ1n) is 8.82. The molecule has 156 valence electrons. The van der Waals surface area contributed by atoms with E-state index in [9.17, 15) is 13.2 Å². The molecule has 0 saturated heterocycles. The van der Waals surface area contributed by atoms with Gasteiger partial charge in [-0.15, -0.1) is 0 Å². The van der Waals surface area contributed by atoms with E-state index in [-0.39, 0.29) is 22.8 Å². The summed E-state index contributed by atoms with van der Waals surface area (Å²) in [6.45, 7) is 6.57. The molecule has 1 aromatic carbocycles. The lowest BCUT2D eigenvalue weighted by atomic mass is 10.1. The van der Waals surface area contributed by atoms with Crippen LogP contribution in [0.25, 0.3) is 11.2 Å². The fraction of sp³-hybridized carbons (Fsp3) is 0.389. The average molecular weight is 428 g/mol. The summed E-state index contributed by atoms with van der Waals surface area (Å²) >= 11 is 5.87. The van der Waals surface area contributed by atoms with Gasteiger partial charge in [0.2, 0.25) is 11.9 Å². The standard InChI is InChI=1S/C18H21ClF3N7/c1-17(2,3)28-15-24-9-13-14(27-15)29(5-4-23)16(26-13)25-12-7-10(18(20,21)22)6-11(19)8-12/h6-9H,4-5,23H2,1-3H3,(H,25,26)(H,24,27,28). The van der Waals surface area contributed by atoms with Gasteiger partial charge in [0.25, 0.3) is 0 Å². The predicted octanol–water partition coefficient (Wildman–Crippen LogP) is 4.41. The molecular weight excluding hydrogens is 407 g/mol. The summed E-state index contributed by atoms with van der Waals surface area (Å²) < 4.78 is 40.9. The van der Waals surface area contributed by atoms with Crippen LogP contribution in [0, 0.1) is 0 Å². The molecule has 0 saturated carbocycles. The third kappa shape index (κ3) is 5.07. The molecule has 3 rings (SSSR count). The number of alkyl halides is 3. The molecular formula is C18H21ClF3N7. The minimum Gasteiger partial charge on any atom is -0.350 e. The third-order valence-electron chi connectivity index (χ3n) is 3.81. The van der Waals surface area contributed by atoms with Gasteiger partial charge in [0.15, 0.2) is 5.65 Å². The fourth-order valence-electron chi connectivity index (χ4n) is 2.71. The van der Waals surface area contributed by atoms with Crippen LogP contribution in [-0.2, 0) is 12.7 Å². The second kappa shape index (κ2) is 7.68. The van der Waals surface area contributed by atoms with E-state index in [1.54, 1.807) is 10.8 Å². The quantitative estimate of drug-likeness (QED) is 0.558.